The lowest BCUT2D eigenvalue weighted by Crippen LogP contribution is -2.54. The Morgan fingerprint density at radius 1 is 1.35 bits per heavy atom. The van der Waals surface area contributed by atoms with Crippen LogP contribution in [0.4, 0.5) is 5.69 Å². The molecule has 0 aromatic heterocycles. The van der Waals surface area contributed by atoms with E-state index in [1.807, 2.05) is 13.8 Å². The SMILES string of the molecule is CC(C)CS(=O)(=O)Nc1ccc([C@H]2OCC(=O)N(CCN)[C@@H]2CO)cc1. The van der Waals surface area contributed by atoms with Crippen molar-refractivity contribution >= 4 is 21.6 Å². The zero-order chi connectivity index (χ0) is 19.3. The Bertz CT molecular complexity index is 706. The van der Waals surface area contributed by atoms with Gasteiger partial charge in [0.25, 0.3) is 0 Å². The van der Waals surface area contributed by atoms with E-state index in [2.05, 4.69) is 4.72 Å². The van der Waals surface area contributed by atoms with Gasteiger partial charge >= 0.3 is 0 Å². The number of aliphatic hydroxyl groups is 1. The number of morpholine rings is 1. The van der Waals surface area contributed by atoms with Crippen molar-refractivity contribution in [2.45, 2.75) is 26.0 Å². The number of amides is 1. The highest BCUT2D eigenvalue weighted by Crippen LogP contribution is 2.29. The molecule has 26 heavy (non-hydrogen) atoms. The number of anilines is 1. The van der Waals surface area contributed by atoms with Gasteiger partial charge < -0.3 is 20.5 Å². The number of ether oxygens (including phenoxy) is 1. The summed E-state index contributed by atoms with van der Waals surface area (Å²) in [5, 5.41) is 9.72. The average molecular weight is 385 g/mol. The van der Waals surface area contributed by atoms with Crippen molar-refractivity contribution in [3.05, 3.63) is 29.8 Å². The lowest BCUT2D eigenvalue weighted by atomic mass is 9.99. The van der Waals surface area contributed by atoms with Crippen molar-refractivity contribution in [1.82, 2.24) is 4.90 Å². The zero-order valence-electron chi connectivity index (χ0n) is 15.1. The molecule has 0 radical (unpaired) electrons. The molecule has 1 aliphatic heterocycles. The number of sulfonamides is 1. The first-order valence-electron chi connectivity index (χ1n) is 8.60. The summed E-state index contributed by atoms with van der Waals surface area (Å²) >= 11 is 0. The van der Waals surface area contributed by atoms with Crippen LogP contribution in [-0.4, -0.2) is 62.4 Å². The Morgan fingerprint density at radius 2 is 2.00 bits per heavy atom. The van der Waals surface area contributed by atoms with Crippen molar-refractivity contribution in [3.63, 3.8) is 0 Å². The van der Waals surface area contributed by atoms with Crippen molar-refractivity contribution < 1.29 is 23.1 Å². The van der Waals surface area contributed by atoms with E-state index in [1.54, 1.807) is 24.3 Å². The van der Waals surface area contributed by atoms with Crippen LogP contribution in [0, 0.1) is 5.92 Å². The first kappa shape index (κ1) is 20.6. The van der Waals surface area contributed by atoms with Crippen LogP contribution in [0.3, 0.4) is 0 Å². The summed E-state index contributed by atoms with van der Waals surface area (Å²) < 4.78 is 32.2. The monoisotopic (exact) mass is 385 g/mol. The minimum atomic E-state index is -3.40. The summed E-state index contributed by atoms with van der Waals surface area (Å²) in [4.78, 5) is 13.5. The lowest BCUT2D eigenvalue weighted by Gasteiger charge is -2.40. The molecule has 1 amide bonds. The molecule has 0 aliphatic carbocycles. The molecule has 1 heterocycles. The van der Waals surface area contributed by atoms with Crippen LogP contribution in [0.5, 0.6) is 0 Å². The van der Waals surface area contributed by atoms with Crippen LogP contribution in [0.2, 0.25) is 0 Å². The largest absolute Gasteiger partial charge is 0.394 e. The van der Waals surface area contributed by atoms with Gasteiger partial charge in [-0.15, -0.1) is 0 Å². The quantitative estimate of drug-likeness (QED) is 0.592. The smallest absolute Gasteiger partial charge is 0.249 e. The second-order valence-corrected chi connectivity index (χ2v) is 8.52. The van der Waals surface area contributed by atoms with Gasteiger partial charge in [-0.1, -0.05) is 26.0 Å². The molecule has 2 atom stereocenters. The molecule has 0 spiro atoms. The normalized spacial score (nSPS) is 21.3. The van der Waals surface area contributed by atoms with E-state index in [4.69, 9.17) is 10.5 Å². The Labute approximate surface area is 154 Å². The fourth-order valence-corrected chi connectivity index (χ4v) is 4.50. The van der Waals surface area contributed by atoms with E-state index >= 15 is 0 Å². The number of benzene rings is 1. The fraction of sp³-hybridized carbons (Fsp3) is 0.588. The van der Waals surface area contributed by atoms with Crippen LogP contribution in [0.1, 0.15) is 25.5 Å². The summed E-state index contributed by atoms with van der Waals surface area (Å²) in [5.74, 6) is -0.133. The minimum absolute atomic E-state index is 0.0267. The second-order valence-electron chi connectivity index (χ2n) is 6.76. The van der Waals surface area contributed by atoms with Crippen LogP contribution < -0.4 is 10.5 Å². The van der Waals surface area contributed by atoms with Gasteiger partial charge in [-0.05, 0) is 23.6 Å². The number of nitrogens with two attached hydrogens (primary N) is 1. The average Bonchev–Trinajstić information content (AvgIpc) is 2.56. The number of carbonyl (C=O) groups excluding carboxylic acids is 1. The summed E-state index contributed by atoms with van der Waals surface area (Å²) in [6.07, 6.45) is -0.495. The molecule has 2 rings (SSSR count). The first-order chi connectivity index (χ1) is 12.3. The first-order valence-corrected chi connectivity index (χ1v) is 10.2. The molecule has 4 N–H and O–H groups in total. The number of rotatable bonds is 8. The van der Waals surface area contributed by atoms with Crippen molar-refractivity contribution in [1.29, 1.82) is 0 Å². The highest BCUT2D eigenvalue weighted by molar-refractivity contribution is 7.92. The van der Waals surface area contributed by atoms with E-state index in [0.29, 0.717) is 18.8 Å². The second kappa shape index (κ2) is 8.81. The Balaban J connectivity index is 2.15. The molecular weight excluding hydrogens is 358 g/mol. The maximum absolute atomic E-state index is 12.0. The molecule has 8 nitrogen and oxygen atoms in total. The van der Waals surface area contributed by atoms with Gasteiger partial charge in [0, 0.05) is 18.8 Å². The van der Waals surface area contributed by atoms with Gasteiger partial charge in [0.1, 0.15) is 12.7 Å². The predicted molar refractivity (Wildman–Crippen MR) is 99.0 cm³/mol. The molecule has 1 fully saturated rings. The van der Waals surface area contributed by atoms with Crippen LogP contribution in [0.15, 0.2) is 24.3 Å². The third-order valence-electron chi connectivity index (χ3n) is 4.08. The Morgan fingerprint density at radius 3 is 2.54 bits per heavy atom. The molecule has 9 heteroatoms. The molecule has 1 aliphatic rings. The van der Waals surface area contributed by atoms with Crippen LogP contribution >= 0.6 is 0 Å². The molecule has 1 aromatic rings. The lowest BCUT2D eigenvalue weighted by molar-refractivity contribution is -0.160. The Kier molecular flexibility index (Phi) is 6.99. The number of hydrogen-bond acceptors (Lipinski definition) is 6. The predicted octanol–water partition coefficient (Wildman–Crippen LogP) is 0.304. The fourth-order valence-electron chi connectivity index (χ4n) is 3.05. The molecule has 0 saturated carbocycles. The van der Waals surface area contributed by atoms with Crippen LogP contribution in [-0.2, 0) is 19.6 Å². The molecule has 0 bridgehead atoms. The van der Waals surface area contributed by atoms with E-state index < -0.39 is 22.2 Å². The van der Waals surface area contributed by atoms with Gasteiger partial charge in [-0.3, -0.25) is 9.52 Å². The van der Waals surface area contributed by atoms with E-state index in [-0.39, 0.29) is 30.8 Å². The van der Waals surface area contributed by atoms with Crippen molar-refractivity contribution in [2.24, 2.45) is 11.7 Å². The highest BCUT2D eigenvalue weighted by atomic mass is 32.2. The summed E-state index contributed by atoms with van der Waals surface area (Å²) in [6, 6.07) is 6.24. The Hall–Kier alpha value is -1.68. The third-order valence-corrected chi connectivity index (χ3v) is 5.73. The number of nitrogens with zero attached hydrogens (tertiary/aromatic N) is 1. The number of nitrogens with one attached hydrogen (secondary N) is 1. The van der Waals surface area contributed by atoms with Gasteiger partial charge in [-0.2, -0.15) is 0 Å². The van der Waals surface area contributed by atoms with Crippen molar-refractivity contribution in [3.8, 4) is 0 Å². The van der Waals surface area contributed by atoms with E-state index in [1.165, 1.54) is 4.90 Å². The van der Waals surface area contributed by atoms with E-state index in [9.17, 15) is 18.3 Å². The molecule has 1 saturated heterocycles. The maximum Gasteiger partial charge on any atom is 0.249 e. The van der Waals surface area contributed by atoms with Gasteiger partial charge in [0.15, 0.2) is 0 Å². The molecular formula is C17H27N3O5S. The number of aliphatic hydroxyl groups excluding tert-OH is 1. The molecule has 0 unspecified atom stereocenters. The van der Waals surface area contributed by atoms with E-state index in [0.717, 1.165) is 5.56 Å². The zero-order valence-corrected chi connectivity index (χ0v) is 15.9. The van der Waals surface area contributed by atoms with Crippen LogP contribution in [0.25, 0.3) is 0 Å². The summed E-state index contributed by atoms with van der Waals surface area (Å²) in [5.41, 5.74) is 6.77. The number of carbonyl (C=O) groups is 1. The van der Waals surface area contributed by atoms with Gasteiger partial charge in [0.2, 0.25) is 15.9 Å². The maximum atomic E-state index is 12.0. The third kappa shape index (κ3) is 5.16. The molecule has 1 aromatic carbocycles. The summed E-state index contributed by atoms with van der Waals surface area (Å²) in [6.45, 7) is 3.99. The minimum Gasteiger partial charge on any atom is -0.394 e. The highest BCUT2D eigenvalue weighted by Gasteiger charge is 2.36. The number of hydrogen-bond donors (Lipinski definition) is 3. The van der Waals surface area contributed by atoms with Gasteiger partial charge in [0.05, 0.1) is 18.4 Å². The van der Waals surface area contributed by atoms with Crippen molar-refractivity contribution in [2.75, 3.05) is 36.8 Å². The standard InChI is InChI=1S/C17H27N3O5S/c1-12(2)11-26(23,24)19-14-5-3-13(4-6-14)17-15(9-21)20(8-7-18)16(22)10-25-17/h3-6,12,15,17,19,21H,7-11,18H2,1-2H3/t15-,17-/m1/s1. The topological polar surface area (TPSA) is 122 Å². The summed E-state index contributed by atoms with van der Waals surface area (Å²) in [7, 11) is -3.40. The van der Waals surface area contributed by atoms with Gasteiger partial charge in [-0.25, -0.2) is 8.42 Å². The molecule has 146 valence electrons.